The lowest BCUT2D eigenvalue weighted by molar-refractivity contribution is 0.755. The highest BCUT2D eigenvalue weighted by atomic mass is 32.1. The first-order valence-electron chi connectivity index (χ1n) is 6.52. The van der Waals surface area contributed by atoms with E-state index in [-0.39, 0.29) is 0 Å². The Hall–Kier alpha value is -1.48. The molecule has 0 fully saturated rings. The van der Waals surface area contributed by atoms with E-state index in [0.29, 0.717) is 0 Å². The van der Waals surface area contributed by atoms with Crippen LogP contribution in [0.3, 0.4) is 0 Å². The van der Waals surface area contributed by atoms with Gasteiger partial charge in [0.05, 0.1) is 11.4 Å². The maximum Gasteiger partial charge on any atom is 0.0602 e. The lowest BCUT2D eigenvalue weighted by Gasteiger charge is -2.24. The van der Waals surface area contributed by atoms with Gasteiger partial charge in [-0.3, -0.25) is 0 Å². The molecule has 1 aromatic heterocycles. The Bertz CT molecular complexity index is 493. The van der Waals surface area contributed by atoms with E-state index in [1.807, 2.05) is 0 Å². The Labute approximate surface area is 112 Å². The predicted octanol–water partition coefficient (Wildman–Crippen LogP) is 3.61. The first kappa shape index (κ1) is 11.6. The quantitative estimate of drug-likeness (QED) is 0.904. The number of nitrogens with zero attached hydrogens (tertiary/aromatic N) is 1. The SMILES string of the molecule is c1ccc2c(c1)NCCCN2CCc1ccsc1. The minimum atomic E-state index is 1.08. The van der Waals surface area contributed by atoms with E-state index in [1.54, 1.807) is 11.3 Å². The molecule has 3 rings (SSSR count). The molecule has 2 aromatic rings. The van der Waals surface area contributed by atoms with Gasteiger partial charge in [0.25, 0.3) is 0 Å². The second kappa shape index (κ2) is 5.44. The summed E-state index contributed by atoms with van der Waals surface area (Å²) in [6.45, 7) is 3.33. The Balaban J connectivity index is 1.75. The first-order chi connectivity index (χ1) is 8.93. The molecule has 94 valence electrons. The van der Waals surface area contributed by atoms with Crippen molar-refractivity contribution >= 4 is 22.7 Å². The number of nitrogens with one attached hydrogen (secondary N) is 1. The molecular weight excluding hydrogens is 240 g/mol. The predicted molar refractivity (Wildman–Crippen MR) is 79.8 cm³/mol. The fraction of sp³-hybridized carbons (Fsp3) is 0.333. The van der Waals surface area contributed by atoms with Crippen molar-refractivity contribution in [3.05, 3.63) is 46.7 Å². The van der Waals surface area contributed by atoms with E-state index >= 15 is 0 Å². The zero-order valence-corrected chi connectivity index (χ0v) is 11.2. The van der Waals surface area contributed by atoms with Gasteiger partial charge in [0.2, 0.25) is 0 Å². The van der Waals surface area contributed by atoms with E-state index in [1.165, 1.54) is 23.4 Å². The minimum Gasteiger partial charge on any atom is -0.383 e. The molecule has 1 aliphatic heterocycles. The van der Waals surface area contributed by atoms with Gasteiger partial charge in [0.1, 0.15) is 0 Å². The first-order valence-corrected chi connectivity index (χ1v) is 7.47. The van der Waals surface area contributed by atoms with Crippen LogP contribution >= 0.6 is 11.3 Å². The van der Waals surface area contributed by atoms with Crippen molar-refractivity contribution in [1.29, 1.82) is 0 Å². The van der Waals surface area contributed by atoms with E-state index in [0.717, 1.165) is 26.1 Å². The van der Waals surface area contributed by atoms with Crippen LogP contribution < -0.4 is 10.2 Å². The average molecular weight is 258 g/mol. The number of para-hydroxylation sites is 2. The van der Waals surface area contributed by atoms with Crippen molar-refractivity contribution in [2.24, 2.45) is 0 Å². The van der Waals surface area contributed by atoms with Crippen LogP contribution in [0.15, 0.2) is 41.1 Å². The summed E-state index contributed by atoms with van der Waals surface area (Å²) in [5.74, 6) is 0. The van der Waals surface area contributed by atoms with Crippen LogP contribution in [-0.2, 0) is 6.42 Å². The highest BCUT2D eigenvalue weighted by Crippen LogP contribution is 2.28. The van der Waals surface area contributed by atoms with Gasteiger partial charge < -0.3 is 10.2 Å². The number of anilines is 2. The van der Waals surface area contributed by atoms with Crippen molar-refractivity contribution in [1.82, 2.24) is 0 Å². The molecule has 1 aromatic carbocycles. The van der Waals surface area contributed by atoms with Crippen LogP contribution in [0, 0.1) is 0 Å². The number of rotatable bonds is 3. The molecule has 0 unspecified atom stereocenters. The van der Waals surface area contributed by atoms with Gasteiger partial charge in [-0.25, -0.2) is 0 Å². The molecule has 1 N–H and O–H groups in total. The number of thiophene rings is 1. The summed E-state index contributed by atoms with van der Waals surface area (Å²) in [4.78, 5) is 2.51. The number of hydrogen-bond acceptors (Lipinski definition) is 3. The third kappa shape index (κ3) is 2.51. The normalized spacial score (nSPS) is 14.8. The molecular formula is C15H18N2S. The summed E-state index contributed by atoms with van der Waals surface area (Å²) in [5, 5.41) is 7.92. The van der Waals surface area contributed by atoms with Crippen molar-refractivity contribution in [3.63, 3.8) is 0 Å². The molecule has 18 heavy (non-hydrogen) atoms. The van der Waals surface area contributed by atoms with Gasteiger partial charge in [-0.2, -0.15) is 11.3 Å². The van der Waals surface area contributed by atoms with Crippen LogP contribution in [0.25, 0.3) is 0 Å². The second-order valence-corrected chi connectivity index (χ2v) is 5.45. The van der Waals surface area contributed by atoms with Gasteiger partial charge in [-0.1, -0.05) is 12.1 Å². The van der Waals surface area contributed by atoms with Crippen LogP contribution in [0.4, 0.5) is 11.4 Å². The fourth-order valence-corrected chi connectivity index (χ4v) is 3.15. The summed E-state index contributed by atoms with van der Waals surface area (Å²) >= 11 is 1.79. The molecule has 3 heteroatoms. The lowest BCUT2D eigenvalue weighted by Crippen LogP contribution is -2.26. The number of benzene rings is 1. The van der Waals surface area contributed by atoms with Crippen molar-refractivity contribution in [2.45, 2.75) is 12.8 Å². The standard InChI is InChI=1S/C15H18N2S/c1-2-5-15-14(4-1)16-8-3-9-17(15)10-6-13-7-11-18-12-13/h1-2,4-5,7,11-12,16H,3,6,8-10H2. The molecule has 0 aliphatic carbocycles. The molecule has 0 amide bonds. The summed E-state index contributed by atoms with van der Waals surface area (Å²) < 4.78 is 0. The van der Waals surface area contributed by atoms with Crippen LogP contribution in [0.1, 0.15) is 12.0 Å². The van der Waals surface area contributed by atoms with Crippen molar-refractivity contribution in [3.8, 4) is 0 Å². The molecule has 0 saturated heterocycles. The fourth-order valence-electron chi connectivity index (χ4n) is 2.44. The molecule has 2 heterocycles. The van der Waals surface area contributed by atoms with E-state index in [2.05, 4.69) is 51.3 Å². The molecule has 0 saturated carbocycles. The minimum absolute atomic E-state index is 1.08. The molecule has 0 radical (unpaired) electrons. The summed E-state index contributed by atoms with van der Waals surface area (Å²) in [6.07, 6.45) is 2.34. The summed E-state index contributed by atoms with van der Waals surface area (Å²) in [7, 11) is 0. The second-order valence-electron chi connectivity index (χ2n) is 4.67. The van der Waals surface area contributed by atoms with E-state index in [4.69, 9.17) is 0 Å². The Kier molecular flexibility index (Phi) is 3.51. The monoisotopic (exact) mass is 258 g/mol. The number of hydrogen-bond donors (Lipinski definition) is 1. The smallest absolute Gasteiger partial charge is 0.0602 e. The van der Waals surface area contributed by atoms with Gasteiger partial charge >= 0.3 is 0 Å². The Morgan fingerprint density at radius 1 is 1.22 bits per heavy atom. The molecule has 0 spiro atoms. The van der Waals surface area contributed by atoms with Crippen molar-refractivity contribution in [2.75, 3.05) is 29.9 Å². The zero-order valence-electron chi connectivity index (χ0n) is 10.4. The van der Waals surface area contributed by atoms with Gasteiger partial charge in [-0.15, -0.1) is 0 Å². The molecule has 2 nitrogen and oxygen atoms in total. The Morgan fingerprint density at radius 3 is 3.06 bits per heavy atom. The summed E-state index contributed by atoms with van der Waals surface area (Å²) in [5.41, 5.74) is 4.08. The molecule has 0 bridgehead atoms. The Morgan fingerprint density at radius 2 is 2.17 bits per heavy atom. The third-order valence-electron chi connectivity index (χ3n) is 3.42. The molecule has 1 aliphatic rings. The van der Waals surface area contributed by atoms with Gasteiger partial charge in [0, 0.05) is 19.6 Å². The van der Waals surface area contributed by atoms with Crippen LogP contribution in [-0.4, -0.2) is 19.6 Å². The highest BCUT2D eigenvalue weighted by molar-refractivity contribution is 7.07. The van der Waals surface area contributed by atoms with Gasteiger partial charge in [0.15, 0.2) is 0 Å². The average Bonchev–Trinajstić information content (AvgIpc) is 2.84. The topological polar surface area (TPSA) is 15.3 Å². The molecule has 0 atom stereocenters. The van der Waals surface area contributed by atoms with Crippen LogP contribution in [0.5, 0.6) is 0 Å². The maximum atomic E-state index is 3.51. The van der Waals surface area contributed by atoms with E-state index < -0.39 is 0 Å². The lowest BCUT2D eigenvalue weighted by atomic mass is 10.2. The van der Waals surface area contributed by atoms with Gasteiger partial charge in [-0.05, 0) is 47.4 Å². The third-order valence-corrected chi connectivity index (χ3v) is 4.15. The van der Waals surface area contributed by atoms with E-state index in [9.17, 15) is 0 Å². The maximum absolute atomic E-state index is 3.51. The van der Waals surface area contributed by atoms with Crippen molar-refractivity contribution < 1.29 is 0 Å². The summed E-state index contributed by atoms with van der Waals surface area (Å²) in [6, 6.07) is 10.9. The highest BCUT2D eigenvalue weighted by Gasteiger charge is 2.13. The zero-order chi connectivity index (χ0) is 12.2. The largest absolute Gasteiger partial charge is 0.383 e. The number of fused-ring (bicyclic) bond motifs is 1. The van der Waals surface area contributed by atoms with Crippen LogP contribution in [0.2, 0.25) is 0 Å².